The number of aliphatic hydroxyl groups excluding tert-OH is 1. The summed E-state index contributed by atoms with van der Waals surface area (Å²) in [6.45, 7) is 2.16. The Kier molecular flexibility index (Phi) is 5.58. The van der Waals surface area contributed by atoms with Gasteiger partial charge >= 0.3 is 0 Å². The van der Waals surface area contributed by atoms with E-state index in [1.807, 2.05) is 6.92 Å². The summed E-state index contributed by atoms with van der Waals surface area (Å²) in [6.07, 6.45) is 0.689. The largest absolute Gasteiger partial charge is 0.495 e. The number of para-hydroxylation sites is 1. The molecule has 0 radical (unpaired) electrons. The van der Waals surface area contributed by atoms with Crippen LogP contribution in [0, 0.1) is 0 Å². The SMILES string of the molecule is CCCN(CCO)S(=O)(=O)c1ccccc1OC. The third-order valence-corrected chi connectivity index (χ3v) is 4.45. The number of hydrogen-bond acceptors (Lipinski definition) is 4. The summed E-state index contributed by atoms with van der Waals surface area (Å²) in [5, 5.41) is 8.96. The number of benzene rings is 1. The van der Waals surface area contributed by atoms with Crippen LogP contribution in [0.2, 0.25) is 0 Å². The minimum Gasteiger partial charge on any atom is -0.495 e. The van der Waals surface area contributed by atoms with Crippen molar-refractivity contribution in [1.82, 2.24) is 4.31 Å². The maximum absolute atomic E-state index is 12.4. The Morgan fingerprint density at radius 2 is 1.94 bits per heavy atom. The summed E-state index contributed by atoms with van der Waals surface area (Å²) in [6, 6.07) is 6.48. The Morgan fingerprint density at radius 3 is 2.50 bits per heavy atom. The van der Waals surface area contributed by atoms with E-state index < -0.39 is 10.0 Å². The zero-order chi connectivity index (χ0) is 13.6. The van der Waals surface area contributed by atoms with E-state index in [0.717, 1.165) is 0 Å². The Labute approximate surface area is 108 Å². The molecular weight excluding hydrogens is 254 g/mol. The van der Waals surface area contributed by atoms with E-state index in [9.17, 15) is 8.42 Å². The van der Waals surface area contributed by atoms with Crippen molar-refractivity contribution < 1.29 is 18.3 Å². The zero-order valence-corrected chi connectivity index (χ0v) is 11.5. The predicted molar refractivity (Wildman–Crippen MR) is 69.1 cm³/mol. The molecule has 0 bridgehead atoms. The van der Waals surface area contributed by atoms with Gasteiger partial charge in [-0.2, -0.15) is 4.31 Å². The van der Waals surface area contributed by atoms with Crippen molar-refractivity contribution in [3.63, 3.8) is 0 Å². The van der Waals surface area contributed by atoms with E-state index in [4.69, 9.17) is 9.84 Å². The van der Waals surface area contributed by atoms with E-state index in [1.54, 1.807) is 18.2 Å². The molecule has 0 amide bonds. The van der Waals surface area contributed by atoms with Crippen molar-refractivity contribution in [2.24, 2.45) is 0 Å². The van der Waals surface area contributed by atoms with Crippen molar-refractivity contribution in [2.75, 3.05) is 26.8 Å². The van der Waals surface area contributed by atoms with E-state index in [2.05, 4.69) is 0 Å². The number of nitrogens with zero attached hydrogens (tertiary/aromatic N) is 1. The standard InChI is InChI=1S/C12H19NO4S/c1-3-8-13(9-10-14)18(15,16)12-7-5-4-6-11(12)17-2/h4-7,14H,3,8-10H2,1-2H3. The number of methoxy groups -OCH3 is 1. The lowest BCUT2D eigenvalue weighted by Crippen LogP contribution is -2.34. The lowest BCUT2D eigenvalue weighted by Gasteiger charge is -2.21. The summed E-state index contributed by atoms with van der Waals surface area (Å²) in [4.78, 5) is 0.134. The van der Waals surface area contributed by atoms with Gasteiger partial charge in [0.25, 0.3) is 0 Å². The first kappa shape index (κ1) is 14.9. The van der Waals surface area contributed by atoms with E-state index in [-0.39, 0.29) is 18.0 Å². The first-order valence-electron chi connectivity index (χ1n) is 5.82. The van der Waals surface area contributed by atoms with Crippen molar-refractivity contribution >= 4 is 10.0 Å². The smallest absolute Gasteiger partial charge is 0.246 e. The molecule has 0 fully saturated rings. The summed E-state index contributed by atoms with van der Waals surface area (Å²) in [5.41, 5.74) is 0. The van der Waals surface area contributed by atoms with Crippen LogP contribution in [0.25, 0.3) is 0 Å². The average molecular weight is 273 g/mol. The van der Waals surface area contributed by atoms with Crippen molar-refractivity contribution in [3.8, 4) is 5.75 Å². The monoisotopic (exact) mass is 273 g/mol. The highest BCUT2D eigenvalue weighted by atomic mass is 32.2. The van der Waals surface area contributed by atoms with Gasteiger partial charge in [-0.25, -0.2) is 8.42 Å². The number of aliphatic hydroxyl groups is 1. The molecule has 0 heterocycles. The van der Waals surface area contributed by atoms with E-state index in [0.29, 0.717) is 18.7 Å². The van der Waals surface area contributed by atoms with Gasteiger partial charge in [-0.1, -0.05) is 19.1 Å². The molecule has 1 rings (SSSR count). The Bertz CT molecular complexity index is 467. The highest BCUT2D eigenvalue weighted by Crippen LogP contribution is 2.26. The fourth-order valence-electron chi connectivity index (χ4n) is 1.68. The molecule has 1 aromatic carbocycles. The molecule has 1 aromatic rings. The summed E-state index contributed by atoms with van der Waals surface area (Å²) < 4.78 is 31.2. The number of sulfonamides is 1. The van der Waals surface area contributed by atoms with Crippen LogP contribution in [0.15, 0.2) is 29.2 Å². The molecule has 18 heavy (non-hydrogen) atoms. The average Bonchev–Trinajstić information content (AvgIpc) is 2.38. The third-order valence-electron chi connectivity index (χ3n) is 2.51. The first-order valence-corrected chi connectivity index (χ1v) is 7.26. The number of rotatable bonds is 7. The highest BCUT2D eigenvalue weighted by Gasteiger charge is 2.26. The Balaban J connectivity index is 3.17. The van der Waals surface area contributed by atoms with Crippen LogP contribution in [0.1, 0.15) is 13.3 Å². The molecular formula is C12H19NO4S. The molecule has 0 atom stereocenters. The summed E-state index contributed by atoms with van der Waals surface area (Å²) in [5.74, 6) is 0.316. The normalized spacial score (nSPS) is 11.8. The molecule has 0 unspecified atom stereocenters. The minimum atomic E-state index is -3.62. The molecule has 0 aliphatic carbocycles. The molecule has 5 nitrogen and oxygen atoms in total. The summed E-state index contributed by atoms with van der Waals surface area (Å²) >= 11 is 0. The second-order valence-electron chi connectivity index (χ2n) is 3.78. The number of ether oxygens (including phenoxy) is 1. The molecule has 6 heteroatoms. The Hall–Kier alpha value is -1.11. The summed E-state index contributed by atoms with van der Waals surface area (Å²) in [7, 11) is -2.18. The maximum atomic E-state index is 12.4. The lowest BCUT2D eigenvalue weighted by atomic mass is 10.3. The molecule has 0 aliphatic rings. The zero-order valence-electron chi connectivity index (χ0n) is 10.7. The van der Waals surface area contributed by atoms with Crippen LogP contribution in [0.5, 0.6) is 5.75 Å². The molecule has 0 spiro atoms. The lowest BCUT2D eigenvalue weighted by molar-refractivity contribution is 0.253. The highest BCUT2D eigenvalue weighted by molar-refractivity contribution is 7.89. The van der Waals surface area contributed by atoms with Crippen LogP contribution < -0.4 is 4.74 Å². The minimum absolute atomic E-state index is 0.0915. The van der Waals surface area contributed by atoms with Crippen molar-refractivity contribution in [2.45, 2.75) is 18.2 Å². The van der Waals surface area contributed by atoms with E-state index in [1.165, 1.54) is 17.5 Å². The van der Waals surface area contributed by atoms with Crippen LogP contribution >= 0.6 is 0 Å². The van der Waals surface area contributed by atoms with Gasteiger partial charge in [0.15, 0.2) is 0 Å². The van der Waals surface area contributed by atoms with E-state index >= 15 is 0 Å². The topological polar surface area (TPSA) is 66.8 Å². The Morgan fingerprint density at radius 1 is 1.28 bits per heavy atom. The van der Waals surface area contributed by atoms with Crippen LogP contribution in [0.4, 0.5) is 0 Å². The molecule has 0 aliphatic heterocycles. The molecule has 0 saturated carbocycles. The van der Waals surface area contributed by atoms with Gasteiger partial charge in [0.1, 0.15) is 10.6 Å². The molecule has 1 N–H and O–H groups in total. The van der Waals surface area contributed by atoms with Gasteiger partial charge in [-0.05, 0) is 18.6 Å². The quantitative estimate of drug-likeness (QED) is 0.807. The number of hydrogen-bond donors (Lipinski definition) is 1. The predicted octanol–water partition coefficient (Wildman–Crippen LogP) is 1.09. The van der Waals surface area contributed by atoms with Gasteiger partial charge in [0.2, 0.25) is 10.0 Å². The van der Waals surface area contributed by atoms with Gasteiger partial charge in [-0.3, -0.25) is 0 Å². The third kappa shape index (κ3) is 3.22. The molecule has 102 valence electrons. The fourth-order valence-corrected chi connectivity index (χ4v) is 3.36. The fraction of sp³-hybridized carbons (Fsp3) is 0.500. The van der Waals surface area contributed by atoms with Crippen molar-refractivity contribution in [1.29, 1.82) is 0 Å². The molecule has 0 saturated heterocycles. The van der Waals surface area contributed by atoms with Gasteiger partial charge in [0.05, 0.1) is 13.7 Å². The van der Waals surface area contributed by atoms with Crippen LogP contribution in [-0.4, -0.2) is 44.6 Å². The van der Waals surface area contributed by atoms with Crippen molar-refractivity contribution in [3.05, 3.63) is 24.3 Å². The second-order valence-corrected chi connectivity index (χ2v) is 5.68. The van der Waals surface area contributed by atoms with Gasteiger partial charge in [0, 0.05) is 13.1 Å². The van der Waals surface area contributed by atoms with Crippen LogP contribution in [0.3, 0.4) is 0 Å². The molecule has 0 aromatic heterocycles. The second kappa shape index (κ2) is 6.72. The first-order chi connectivity index (χ1) is 8.57. The maximum Gasteiger partial charge on any atom is 0.246 e. The van der Waals surface area contributed by atoms with Gasteiger partial charge in [-0.15, -0.1) is 0 Å². The van der Waals surface area contributed by atoms with Crippen LogP contribution in [-0.2, 0) is 10.0 Å². The van der Waals surface area contributed by atoms with Gasteiger partial charge < -0.3 is 9.84 Å².